The fourth-order valence-corrected chi connectivity index (χ4v) is 4.72. The molecule has 0 aliphatic carbocycles. The average Bonchev–Trinajstić information content (AvgIpc) is 3.07. The number of carbonyl (C=O) groups excluding carboxylic acids is 1. The number of nitrogens with one attached hydrogen (secondary N) is 2. The van der Waals surface area contributed by atoms with Crippen molar-refractivity contribution in [1.82, 2.24) is 4.98 Å². The lowest BCUT2D eigenvalue weighted by molar-refractivity contribution is 0.102. The third-order valence-electron chi connectivity index (χ3n) is 5.44. The Morgan fingerprint density at radius 2 is 1.68 bits per heavy atom. The first-order chi connectivity index (χ1) is 14.8. The van der Waals surface area contributed by atoms with Gasteiger partial charge in [-0.2, -0.15) is 0 Å². The van der Waals surface area contributed by atoms with E-state index < -0.39 is 10.0 Å². The Bertz CT molecular complexity index is 1380. The summed E-state index contributed by atoms with van der Waals surface area (Å²) in [5, 5.41) is 3.80. The number of sulfonamides is 1. The van der Waals surface area contributed by atoms with Crippen molar-refractivity contribution in [3.63, 3.8) is 0 Å². The van der Waals surface area contributed by atoms with E-state index in [9.17, 15) is 13.2 Å². The Balaban J connectivity index is 1.60. The van der Waals surface area contributed by atoms with Crippen molar-refractivity contribution >= 4 is 38.2 Å². The Morgan fingerprint density at radius 1 is 0.935 bits per heavy atom. The minimum absolute atomic E-state index is 0.101. The maximum absolute atomic E-state index is 13.0. The van der Waals surface area contributed by atoms with Gasteiger partial charge in [-0.3, -0.25) is 9.10 Å². The smallest absolute Gasteiger partial charge is 0.264 e. The van der Waals surface area contributed by atoms with E-state index in [-0.39, 0.29) is 10.8 Å². The standard InChI is InChI=1S/C24H23N3O3S/c1-16-17(2)25-23-13-12-18(14-22(16)23)24(28)26-19-8-7-11-21(15-19)31(29,30)27(3)20-9-5-4-6-10-20/h4-15,25H,1-3H3,(H,26,28). The number of carbonyl (C=O) groups is 1. The van der Waals surface area contributed by atoms with Gasteiger partial charge in [0, 0.05) is 34.9 Å². The Labute approximate surface area is 181 Å². The normalized spacial score (nSPS) is 11.5. The van der Waals surface area contributed by atoms with Gasteiger partial charge in [-0.1, -0.05) is 24.3 Å². The second-order valence-electron chi connectivity index (χ2n) is 7.43. The monoisotopic (exact) mass is 433 g/mol. The number of amides is 1. The second-order valence-corrected chi connectivity index (χ2v) is 9.39. The average molecular weight is 434 g/mol. The van der Waals surface area contributed by atoms with Crippen LogP contribution in [0.3, 0.4) is 0 Å². The molecule has 0 radical (unpaired) electrons. The number of benzene rings is 3. The van der Waals surface area contributed by atoms with Crippen LogP contribution in [-0.2, 0) is 10.0 Å². The number of anilines is 2. The Kier molecular flexibility index (Phi) is 5.29. The molecule has 0 saturated carbocycles. The minimum atomic E-state index is -3.77. The van der Waals surface area contributed by atoms with E-state index in [1.165, 1.54) is 23.5 Å². The van der Waals surface area contributed by atoms with E-state index in [4.69, 9.17) is 0 Å². The summed E-state index contributed by atoms with van der Waals surface area (Å²) in [6.45, 7) is 4.00. The molecule has 0 unspecified atom stereocenters. The molecular weight excluding hydrogens is 410 g/mol. The van der Waals surface area contributed by atoms with Crippen LogP contribution in [-0.4, -0.2) is 26.4 Å². The van der Waals surface area contributed by atoms with Gasteiger partial charge < -0.3 is 10.3 Å². The number of aryl methyl sites for hydroxylation is 2. The predicted molar refractivity (Wildman–Crippen MR) is 124 cm³/mol. The van der Waals surface area contributed by atoms with Crippen LogP contribution in [0.2, 0.25) is 0 Å². The van der Waals surface area contributed by atoms with E-state index in [1.54, 1.807) is 42.5 Å². The van der Waals surface area contributed by atoms with Gasteiger partial charge in [-0.15, -0.1) is 0 Å². The number of hydrogen-bond donors (Lipinski definition) is 2. The van der Waals surface area contributed by atoms with Crippen LogP contribution in [0.15, 0.2) is 77.7 Å². The molecule has 158 valence electrons. The zero-order chi connectivity index (χ0) is 22.2. The lowest BCUT2D eigenvalue weighted by Gasteiger charge is -2.19. The molecule has 31 heavy (non-hydrogen) atoms. The highest BCUT2D eigenvalue weighted by Gasteiger charge is 2.22. The number of aromatic nitrogens is 1. The minimum Gasteiger partial charge on any atom is -0.358 e. The third kappa shape index (κ3) is 3.92. The lowest BCUT2D eigenvalue weighted by Crippen LogP contribution is -2.26. The summed E-state index contributed by atoms with van der Waals surface area (Å²) in [7, 11) is -2.26. The molecule has 0 bridgehead atoms. The first kappa shape index (κ1) is 20.7. The van der Waals surface area contributed by atoms with Gasteiger partial charge in [-0.25, -0.2) is 8.42 Å². The highest BCUT2D eigenvalue weighted by Crippen LogP contribution is 2.25. The first-order valence-corrected chi connectivity index (χ1v) is 11.3. The molecule has 4 aromatic rings. The van der Waals surface area contributed by atoms with Gasteiger partial charge in [-0.05, 0) is 67.9 Å². The maximum Gasteiger partial charge on any atom is 0.264 e. The molecule has 3 aromatic carbocycles. The van der Waals surface area contributed by atoms with Crippen molar-refractivity contribution in [1.29, 1.82) is 0 Å². The SMILES string of the molecule is Cc1[nH]c2ccc(C(=O)Nc3cccc(S(=O)(=O)N(C)c4ccccc4)c3)cc2c1C. The first-order valence-electron chi connectivity index (χ1n) is 9.82. The number of hydrogen-bond acceptors (Lipinski definition) is 3. The summed E-state index contributed by atoms with van der Waals surface area (Å²) in [5.74, 6) is -0.300. The summed E-state index contributed by atoms with van der Waals surface area (Å²) in [6, 6.07) is 20.6. The zero-order valence-corrected chi connectivity index (χ0v) is 18.3. The van der Waals surface area contributed by atoms with Crippen LogP contribution < -0.4 is 9.62 Å². The summed E-state index contributed by atoms with van der Waals surface area (Å²) >= 11 is 0. The molecule has 0 aliphatic rings. The Hall–Kier alpha value is -3.58. The molecule has 6 nitrogen and oxygen atoms in total. The van der Waals surface area contributed by atoms with E-state index in [0.29, 0.717) is 16.9 Å². The van der Waals surface area contributed by atoms with Crippen molar-refractivity contribution in [2.24, 2.45) is 0 Å². The summed E-state index contributed by atoms with van der Waals surface area (Å²) < 4.78 is 27.3. The van der Waals surface area contributed by atoms with Crippen LogP contribution in [0.5, 0.6) is 0 Å². The fraction of sp³-hybridized carbons (Fsp3) is 0.125. The van der Waals surface area contributed by atoms with Crippen LogP contribution >= 0.6 is 0 Å². The number of rotatable bonds is 5. The number of aromatic amines is 1. The van der Waals surface area contributed by atoms with Crippen LogP contribution in [0.1, 0.15) is 21.6 Å². The van der Waals surface area contributed by atoms with Crippen LogP contribution in [0.25, 0.3) is 10.9 Å². The molecule has 0 saturated heterocycles. The van der Waals surface area contributed by atoms with Gasteiger partial charge in [0.1, 0.15) is 0 Å². The van der Waals surface area contributed by atoms with Crippen molar-refractivity contribution < 1.29 is 13.2 Å². The number of fused-ring (bicyclic) bond motifs is 1. The lowest BCUT2D eigenvalue weighted by atomic mass is 10.1. The van der Waals surface area contributed by atoms with Gasteiger partial charge in [0.05, 0.1) is 10.6 Å². The van der Waals surface area contributed by atoms with Gasteiger partial charge in [0.15, 0.2) is 0 Å². The van der Waals surface area contributed by atoms with Gasteiger partial charge in [0.2, 0.25) is 0 Å². The molecule has 0 atom stereocenters. The number of H-pyrrole nitrogens is 1. The van der Waals surface area contributed by atoms with Crippen molar-refractivity contribution in [3.05, 3.63) is 89.6 Å². The molecule has 7 heteroatoms. The van der Waals surface area contributed by atoms with Crippen molar-refractivity contribution in [2.75, 3.05) is 16.7 Å². The molecule has 1 aromatic heterocycles. The number of para-hydroxylation sites is 1. The van der Waals surface area contributed by atoms with E-state index in [1.807, 2.05) is 32.0 Å². The van der Waals surface area contributed by atoms with E-state index in [2.05, 4.69) is 10.3 Å². The van der Waals surface area contributed by atoms with Crippen molar-refractivity contribution in [2.45, 2.75) is 18.7 Å². The third-order valence-corrected chi connectivity index (χ3v) is 7.22. The quantitative estimate of drug-likeness (QED) is 0.471. The van der Waals surface area contributed by atoms with Gasteiger partial charge >= 0.3 is 0 Å². The highest BCUT2D eigenvalue weighted by molar-refractivity contribution is 7.92. The summed E-state index contributed by atoms with van der Waals surface area (Å²) in [4.78, 5) is 16.2. The molecule has 2 N–H and O–H groups in total. The van der Waals surface area contributed by atoms with Crippen LogP contribution in [0.4, 0.5) is 11.4 Å². The van der Waals surface area contributed by atoms with Crippen LogP contribution in [0, 0.1) is 13.8 Å². The van der Waals surface area contributed by atoms with E-state index >= 15 is 0 Å². The van der Waals surface area contributed by atoms with Gasteiger partial charge in [0.25, 0.3) is 15.9 Å². The predicted octanol–water partition coefficient (Wildman–Crippen LogP) is 4.86. The molecule has 1 heterocycles. The van der Waals surface area contributed by atoms with Crippen molar-refractivity contribution in [3.8, 4) is 0 Å². The Morgan fingerprint density at radius 3 is 2.42 bits per heavy atom. The zero-order valence-electron chi connectivity index (χ0n) is 17.5. The van der Waals surface area contributed by atoms with E-state index in [0.717, 1.165) is 22.2 Å². The topological polar surface area (TPSA) is 82.3 Å². The maximum atomic E-state index is 13.0. The molecule has 0 spiro atoms. The molecule has 0 fully saturated rings. The second kappa shape index (κ2) is 7.92. The molecule has 4 rings (SSSR count). The fourth-order valence-electron chi connectivity index (χ4n) is 3.47. The summed E-state index contributed by atoms with van der Waals surface area (Å²) in [5.41, 5.74) is 4.61. The largest absolute Gasteiger partial charge is 0.358 e. The highest BCUT2D eigenvalue weighted by atomic mass is 32.2. The molecular formula is C24H23N3O3S. The molecule has 1 amide bonds. The molecule has 0 aliphatic heterocycles. The summed E-state index contributed by atoms with van der Waals surface area (Å²) in [6.07, 6.45) is 0. The number of nitrogens with zero attached hydrogens (tertiary/aromatic N) is 1.